The van der Waals surface area contributed by atoms with Crippen LogP contribution in [0.5, 0.6) is 5.75 Å². The summed E-state index contributed by atoms with van der Waals surface area (Å²) in [5, 5.41) is 8.91. The summed E-state index contributed by atoms with van der Waals surface area (Å²) in [6, 6.07) is 8.22. The van der Waals surface area contributed by atoms with Crippen LogP contribution in [0.15, 0.2) is 30.3 Å². The van der Waals surface area contributed by atoms with Crippen LogP contribution in [-0.2, 0) is 6.61 Å². The Morgan fingerprint density at radius 1 is 1.24 bits per heavy atom. The van der Waals surface area contributed by atoms with Gasteiger partial charge in [0.25, 0.3) is 0 Å². The van der Waals surface area contributed by atoms with E-state index in [-0.39, 0.29) is 17.7 Å². The van der Waals surface area contributed by atoms with E-state index < -0.39 is 11.8 Å². The number of rotatable bonds is 4. The molecule has 0 aromatic heterocycles. The summed E-state index contributed by atoms with van der Waals surface area (Å²) in [6.07, 6.45) is 0. The van der Waals surface area contributed by atoms with Gasteiger partial charge < -0.3 is 9.84 Å². The molecular formula is C17H17FO3. The molecule has 0 aliphatic heterocycles. The Kier molecular flexibility index (Phi) is 4.26. The first kappa shape index (κ1) is 15.0. The lowest BCUT2D eigenvalue weighted by molar-refractivity contribution is 0.0691. The molecule has 3 nitrogen and oxygen atoms in total. The summed E-state index contributed by atoms with van der Waals surface area (Å²) in [7, 11) is 0. The van der Waals surface area contributed by atoms with E-state index in [2.05, 4.69) is 0 Å². The third-order valence-electron chi connectivity index (χ3n) is 3.46. The highest BCUT2D eigenvalue weighted by molar-refractivity contribution is 5.88. The van der Waals surface area contributed by atoms with Crippen molar-refractivity contribution in [3.63, 3.8) is 0 Å². The van der Waals surface area contributed by atoms with Gasteiger partial charge in [-0.1, -0.05) is 18.2 Å². The molecular weight excluding hydrogens is 271 g/mol. The summed E-state index contributed by atoms with van der Waals surface area (Å²) in [5.41, 5.74) is 3.05. The summed E-state index contributed by atoms with van der Waals surface area (Å²) >= 11 is 0. The van der Waals surface area contributed by atoms with Gasteiger partial charge in [0.1, 0.15) is 18.2 Å². The van der Waals surface area contributed by atoms with Gasteiger partial charge in [-0.05, 0) is 49.6 Å². The molecule has 0 fully saturated rings. The molecule has 110 valence electrons. The van der Waals surface area contributed by atoms with Crippen molar-refractivity contribution in [1.82, 2.24) is 0 Å². The van der Waals surface area contributed by atoms with Gasteiger partial charge in [-0.15, -0.1) is 0 Å². The van der Waals surface area contributed by atoms with Crippen LogP contribution in [0.25, 0.3) is 0 Å². The van der Waals surface area contributed by atoms with Gasteiger partial charge in [-0.2, -0.15) is 0 Å². The van der Waals surface area contributed by atoms with Crippen molar-refractivity contribution in [2.75, 3.05) is 0 Å². The number of carboxylic acid groups (broad SMARTS) is 1. The Morgan fingerprint density at radius 3 is 2.62 bits per heavy atom. The van der Waals surface area contributed by atoms with Crippen molar-refractivity contribution in [3.8, 4) is 5.75 Å². The van der Waals surface area contributed by atoms with E-state index in [0.29, 0.717) is 5.75 Å². The molecule has 0 aliphatic carbocycles. The molecule has 1 N–H and O–H groups in total. The highest BCUT2D eigenvalue weighted by Crippen LogP contribution is 2.25. The second-order valence-corrected chi connectivity index (χ2v) is 5.08. The third kappa shape index (κ3) is 3.21. The number of hydrogen-bond donors (Lipinski definition) is 1. The number of carbonyl (C=O) groups is 1. The van der Waals surface area contributed by atoms with Crippen LogP contribution in [0, 0.1) is 26.6 Å². The van der Waals surface area contributed by atoms with E-state index in [9.17, 15) is 9.18 Å². The molecule has 0 atom stereocenters. The van der Waals surface area contributed by atoms with Crippen molar-refractivity contribution >= 4 is 5.97 Å². The Bertz CT molecular complexity index is 693. The van der Waals surface area contributed by atoms with Crippen molar-refractivity contribution in [1.29, 1.82) is 0 Å². The fraction of sp³-hybridized carbons (Fsp3) is 0.235. The molecule has 2 aromatic rings. The van der Waals surface area contributed by atoms with Crippen LogP contribution < -0.4 is 4.74 Å². The average molecular weight is 288 g/mol. The molecule has 4 heteroatoms. The zero-order chi connectivity index (χ0) is 15.6. The largest absolute Gasteiger partial charge is 0.489 e. The number of hydrogen-bond acceptors (Lipinski definition) is 2. The predicted octanol–water partition coefficient (Wildman–Crippen LogP) is 4.03. The van der Waals surface area contributed by atoms with Crippen molar-refractivity contribution in [2.24, 2.45) is 0 Å². The molecule has 21 heavy (non-hydrogen) atoms. The standard InChI is InChI=1S/C17H17FO3/c1-10-7-11(2)12(3)15(8-10)21-9-13-5-4-6-14(16(13)18)17(19)20/h4-8H,9H2,1-3H3,(H,19,20). The Morgan fingerprint density at radius 2 is 1.95 bits per heavy atom. The number of halogens is 1. The van der Waals surface area contributed by atoms with Crippen LogP contribution in [0.3, 0.4) is 0 Å². The van der Waals surface area contributed by atoms with Crippen LogP contribution in [0.2, 0.25) is 0 Å². The van der Waals surface area contributed by atoms with E-state index in [1.807, 2.05) is 32.9 Å². The first-order valence-corrected chi connectivity index (χ1v) is 6.61. The van der Waals surface area contributed by atoms with E-state index in [1.165, 1.54) is 18.2 Å². The lowest BCUT2D eigenvalue weighted by Gasteiger charge is -2.13. The van der Waals surface area contributed by atoms with Crippen LogP contribution in [0.1, 0.15) is 32.6 Å². The quantitative estimate of drug-likeness (QED) is 0.924. The molecule has 0 heterocycles. The van der Waals surface area contributed by atoms with Gasteiger partial charge in [-0.25, -0.2) is 9.18 Å². The van der Waals surface area contributed by atoms with E-state index in [0.717, 1.165) is 16.7 Å². The normalized spacial score (nSPS) is 10.5. The summed E-state index contributed by atoms with van der Waals surface area (Å²) in [5.74, 6) is -1.34. The fourth-order valence-electron chi connectivity index (χ4n) is 2.16. The van der Waals surface area contributed by atoms with Crippen LogP contribution in [0.4, 0.5) is 4.39 Å². The topological polar surface area (TPSA) is 46.5 Å². The van der Waals surface area contributed by atoms with Crippen LogP contribution in [-0.4, -0.2) is 11.1 Å². The summed E-state index contributed by atoms with van der Waals surface area (Å²) < 4.78 is 19.7. The maximum Gasteiger partial charge on any atom is 0.338 e. The lowest BCUT2D eigenvalue weighted by Crippen LogP contribution is -2.06. The zero-order valence-corrected chi connectivity index (χ0v) is 12.2. The van der Waals surface area contributed by atoms with Gasteiger partial charge in [0.15, 0.2) is 0 Å². The molecule has 0 radical (unpaired) electrons. The third-order valence-corrected chi connectivity index (χ3v) is 3.46. The number of aryl methyl sites for hydroxylation is 2. The van der Waals surface area contributed by atoms with Gasteiger partial charge >= 0.3 is 5.97 Å². The van der Waals surface area contributed by atoms with Crippen LogP contribution >= 0.6 is 0 Å². The summed E-state index contributed by atoms with van der Waals surface area (Å²) in [6.45, 7) is 5.89. The van der Waals surface area contributed by atoms with E-state index >= 15 is 0 Å². The highest BCUT2D eigenvalue weighted by Gasteiger charge is 2.14. The Balaban J connectivity index is 2.25. The maximum atomic E-state index is 14.0. The van der Waals surface area contributed by atoms with Gasteiger partial charge in [0.2, 0.25) is 0 Å². The smallest absolute Gasteiger partial charge is 0.338 e. The minimum Gasteiger partial charge on any atom is -0.489 e. The second kappa shape index (κ2) is 5.95. The Labute approximate surface area is 123 Å². The second-order valence-electron chi connectivity index (χ2n) is 5.08. The minimum atomic E-state index is -1.28. The molecule has 0 saturated heterocycles. The molecule has 0 unspecified atom stereocenters. The van der Waals surface area contributed by atoms with Gasteiger partial charge in [-0.3, -0.25) is 0 Å². The van der Waals surface area contributed by atoms with E-state index in [4.69, 9.17) is 9.84 Å². The lowest BCUT2D eigenvalue weighted by atomic mass is 10.1. The van der Waals surface area contributed by atoms with Crippen molar-refractivity contribution in [3.05, 3.63) is 64.0 Å². The number of carboxylic acids is 1. The first-order chi connectivity index (χ1) is 9.90. The van der Waals surface area contributed by atoms with E-state index in [1.54, 1.807) is 0 Å². The molecule has 0 aliphatic rings. The molecule has 2 aromatic carbocycles. The van der Waals surface area contributed by atoms with Gasteiger partial charge in [0.05, 0.1) is 5.56 Å². The number of aromatic carboxylic acids is 1. The zero-order valence-electron chi connectivity index (χ0n) is 12.2. The van der Waals surface area contributed by atoms with Crippen molar-refractivity contribution < 1.29 is 19.0 Å². The fourth-order valence-corrected chi connectivity index (χ4v) is 2.16. The average Bonchev–Trinajstić information content (AvgIpc) is 2.42. The maximum absolute atomic E-state index is 14.0. The molecule has 0 saturated carbocycles. The minimum absolute atomic E-state index is 0.00329. The first-order valence-electron chi connectivity index (χ1n) is 6.61. The van der Waals surface area contributed by atoms with Gasteiger partial charge in [0, 0.05) is 5.56 Å². The monoisotopic (exact) mass is 288 g/mol. The summed E-state index contributed by atoms with van der Waals surface area (Å²) in [4.78, 5) is 10.9. The number of ether oxygens (including phenoxy) is 1. The SMILES string of the molecule is Cc1cc(C)c(C)c(OCc2cccc(C(=O)O)c2F)c1. The molecule has 0 spiro atoms. The number of benzene rings is 2. The molecule has 2 rings (SSSR count). The predicted molar refractivity (Wildman–Crippen MR) is 78.3 cm³/mol. The highest BCUT2D eigenvalue weighted by atomic mass is 19.1. The van der Waals surface area contributed by atoms with Crippen molar-refractivity contribution in [2.45, 2.75) is 27.4 Å². The molecule has 0 bridgehead atoms. The molecule has 0 amide bonds. The Hall–Kier alpha value is -2.36.